The second-order valence-corrected chi connectivity index (χ2v) is 4.86. The van der Waals surface area contributed by atoms with Gasteiger partial charge in [0.1, 0.15) is 0 Å². The number of imide groups is 1. The molecule has 1 saturated heterocycles. The average molecular weight is 257 g/mol. The van der Waals surface area contributed by atoms with Crippen molar-refractivity contribution in [3.8, 4) is 0 Å². The van der Waals surface area contributed by atoms with Crippen LogP contribution in [0.4, 0.5) is 5.69 Å². The van der Waals surface area contributed by atoms with Crippen molar-refractivity contribution in [3.05, 3.63) is 43.0 Å². The van der Waals surface area contributed by atoms with Crippen molar-refractivity contribution < 1.29 is 9.59 Å². The minimum absolute atomic E-state index is 0.0298. The van der Waals surface area contributed by atoms with Gasteiger partial charge in [0.05, 0.1) is 5.69 Å². The fourth-order valence-corrected chi connectivity index (χ4v) is 2.46. The van der Waals surface area contributed by atoms with Gasteiger partial charge in [-0.3, -0.25) is 14.5 Å². The molecule has 1 heterocycles. The quantitative estimate of drug-likeness (QED) is 0.461. The van der Waals surface area contributed by atoms with E-state index in [-0.39, 0.29) is 17.7 Å². The highest BCUT2D eigenvalue weighted by molar-refractivity contribution is 6.17. The summed E-state index contributed by atoms with van der Waals surface area (Å²) >= 11 is 0. The highest BCUT2D eigenvalue weighted by Crippen LogP contribution is 2.28. The lowest BCUT2D eigenvalue weighted by Crippen LogP contribution is -2.45. The first-order valence-corrected chi connectivity index (χ1v) is 6.76. The van der Waals surface area contributed by atoms with Crippen LogP contribution in [0.5, 0.6) is 0 Å². The zero-order valence-corrected chi connectivity index (χ0v) is 11.0. The molecule has 0 saturated carbocycles. The number of hydrogen-bond donors (Lipinski definition) is 0. The van der Waals surface area contributed by atoms with E-state index in [9.17, 15) is 9.59 Å². The summed E-state index contributed by atoms with van der Waals surface area (Å²) in [5.74, 6) is -0.166. The molecule has 100 valence electrons. The van der Waals surface area contributed by atoms with Gasteiger partial charge in [-0.15, -0.1) is 6.58 Å². The van der Waals surface area contributed by atoms with Crippen LogP contribution in [0, 0.1) is 5.92 Å². The molecule has 0 aromatic heterocycles. The summed E-state index contributed by atoms with van der Waals surface area (Å²) in [5.41, 5.74) is 0.686. The Balaban J connectivity index is 2.11. The summed E-state index contributed by atoms with van der Waals surface area (Å²) in [6.07, 6.45) is 5.71. The minimum Gasteiger partial charge on any atom is -0.274 e. The van der Waals surface area contributed by atoms with Crippen LogP contribution in [0.2, 0.25) is 0 Å². The summed E-state index contributed by atoms with van der Waals surface area (Å²) in [6, 6.07) is 9.18. The molecule has 0 radical (unpaired) electrons. The summed E-state index contributed by atoms with van der Waals surface area (Å²) in [7, 11) is 0. The Kier molecular flexibility index (Phi) is 4.50. The minimum atomic E-state index is -0.0869. The van der Waals surface area contributed by atoms with Crippen LogP contribution >= 0.6 is 0 Å². The molecule has 1 fully saturated rings. The number of para-hydroxylation sites is 1. The van der Waals surface area contributed by atoms with Gasteiger partial charge >= 0.3 is 0 Å². The number of amides is 2. The van der Waals surface area contributed by atoms with Crippen LogP contribution in [-0.4, -0.2) is 11.8 Å². The molecule has 0 bridgehead atoms. The van der Waals surface area contributed by atoms with Crippen molar-refractivity contribution in [2.45, 2.75) is 32.1 Å². The molecular weight excluding hydrogens is 238 g/mol. The Bertz CT molecular complexity index is 467. The summed E-state index contributed by atoms with van der Waals surface area (Å²) in [5, 5.41) is 0. The van der Waals surface area contributed by atoms with Gasteiger partial charge in [0.15, 0.2) is 0 Å². The number of benzene rings is 1. The second-order valence-electron chi connectivity index (χ2n) is 4.86. The van der Waals surface area contributed by atoms with Gasteiger partial charge in [0.25, 0.3) is 0 Å². The molecule has 2 amide bonds. The van der Waals surface area contributed by atoms with Gasteiger partial charge in [-0.1, -0.05) is 24.3 Å². The number of hydrogen-bond acceptors (Lipinski definition) is 2. The largest absolute Gasteiger partial charge is 0.274 e. The molecule has 1 aromatic carbocycles. The zero-order chi connectivity index (χ0) is 13.7. The third kappa shape index (κ3) is 3.11. The second kappa shape index (κ2) is 6.32. The summed E-state index contributed by atoms with van der Waals surface area (Å²) < 4.78 is 0. The van der Waals surface area contributed by atoms with E-state index in [1.54, 1.807) is 0 Å². The van der Waals surface area contributed by atoms with Crippen molar-refractivity contribution in [2.75, 3.05) is 4.90 Å². The SMILES string of the molecule is C=CCCCC1CCC(=O)N(c2ccccc2)C1=O. The number of piperidine rings is 1. The molecule has 19 heavy (non-hydrogen) atoms. The van der Waals surface area contributed by atoms with Gasteiger partial charge in [0, 0.05) is 12.3 Å². The Morgan fingerprint density at radius 2 is 2.00 bits per heavy atom. The molecule has 1 aliphatic heterocycles. The molecular formula is C16H19NO2. The number of nitrogens with zero attached hydrogens (tertiary/aromatic N) is 1. The Morgan fingerprint density at radius 1 is 1.26 bits per heavy atom. The van der Waals surface area contributed by atoms with Gasteiger partial charge in [-0.2, -0.15) is 0 Å². The predicted molar refractivity (Wildman–Crippen MR) is 75.7 cm³/mol. The number of anilines is 1. The average Bonchev–Trinajstić information content (AvgIpc) is 2.43. The van der Waals surface area contributed by atoms with Crippen molar-refractivity contribution in [2.24, 2.45) is 5.92 Å². The normalized spacial score (nSPS) is 19.6. The first kappa shape index (κ1) is 13.5. The molecule has 1 aromatic rings. The number of allylic oxidation sites excluding steroid dienone is 1. The fourth-order valence-electron chi connectivity index (χ4n) is 2.46. The van der Waals surface area contributed by atoms with E-state index in [0.717, 1.165) is 19.3 Å². The lowest BCUT2D eigenvalue weighted by atomic mass is 9.91. The van der Waals surface area contributed by atoms with E-state index in [0.29, 0.717) is 18.5 Å². The zero-order valence-electron chi connectivity index (χ0n) is 11.0. The molecule has 0 N–H and O–H groups in total. The Morgan fingerprint density at radius 3 is 2.68 bits per heavy atom. The highest BCUT2D eigenvalue weighted by Gasteiger charge is 2.34. The smallest absolute Gasteiger partial charge is 0.236 e. The van der Waals surface area contributed by atoms with Crippen LogP contribution in [0.1, 0.15) is 32.1 Å². The Hall–Kier alpha value is -1.90. The van der Waals surface area contributed by atoms with Crippen molar-refractivity contribution in [1.29, 1.82) is 0 Å². The van der Waals surface area contributed by atoms with Crippen LogP contribution in [0.3, 0.4) is 0 Å². The lowest BCUT2D eigenvalue weighted by molar-refractivity contribution is -0.132. The monoisotopic (exact) mass is 257 g/mol. The maximum absolute atomic E-state index is 12.4. The van der Waals surface area contributed by atoms with Gasteiger partial charge < -0.3 is 0 Å². The van der Waals surface area contributed by atoms with Crippen LogP contribution < -0.4 is 4.90 Å². The van der Waals surface area contributed by atoms with Crippen LogP contribution in [0.25, 0.3) is 0 Å². The van der Waals surface area contributed by atoms with Crippen LogP contribution in [-0.2, 0) is 9.59 Å². The fraction of sp³-hybridized carbons (Fsp3) is 0.375. The van der Waals surface area contributed by atoms with Crippen molar-refractivity contribution in [1.82, 2.24) is 0 Å². The molecule has 0 aliphatic carbocycles. The van der Waals surface area contributed by atoms with Crippen molar-refractivity contribution in [3.63, 3.8) is 0 Å². The molecule has 3 nitrogen and oxygen atoms in total. The topological polar surface area (TPSA) is 37.4 Å². The van der Waals surface area contributed by atoms with Gasteiger partial charge in [0.2, 0.25) is 11.8 Å². The maximum atomic E-state index is 12.4. The predicted octanol–water partition coefficient (Wildman–Crippen LogP) is 3.31. The third-order valence-corrected chi connectivity index (χ3v) is 3.50. The molecule has 1 unspecified atom stereocenters. The molecule has 1 aliphatic rings. The number of rotatable bonds is 5. The van der Waals surface area contributed by atoms with E-state index in [2.05, 4.69) is 6.58 Å². The van der Waals surface area contributed by atoms with Crippen molar-refractivity contribution >= 4 is 17.5 Å². The van der Waals surface area contributed by atoms with Gasteiger partial charge in [-0.25, -0.2) is 0 Å². The number of carbonyl (C=O) groups excluding carboxylic acids is 2. The molecule has 1 atom stereocenters. The summed E-state index contributed by atoms with van der Waals surface area (Å²) in [6.45, 7) is 3.69. The standard InChI is InChI=1S/C16H19NO2/c1-2-3-5-8-13-11-12-15(18)17(16(13)19)14-9-6-4-7-10-14/h2,4,6-7,9-10,13H,1,3,5,8,11-12H2. The van der Waals surface area contributed by atoms with E-state index < -0.39 is 0 Å². The lowest BCUT2D eigenvalue weighted by Gasteiger charge is -2.30. The van der Waals surface area contributed by atoms with E-state index in [1.807, 2.05) is 36.4 Å². The van der Waals surface area contributed by atoms with E-state index in [4.69, 9.17) is 0 Å². The number of carbonyl (C=O) groups is 2. The first-order chi connectivity index (χ1) is 9.24. The number of unbranched alkanes of at least 4 members (excludes halogenated alkanes) is 1. The van der Waals surface area contributed by atoms with Crippen LogP contribution in [0.15, 0.2) is 43.0 Å². The highest BCUT2D eigenvalue weighted by atomic mass is 16.2. The first-order valence-electron chi connectivity index (χ1n) is 6.76. The molecule has 0 spiro atoms. The Labute approximate surface area is 113 Å². The molecule has 2 rings (SSSR count). The maximum Gasteiger partial charge on any atom is 0.236 e. The van der Waals surface area contributed by atoms with E-state index in [1.165, 1.54) is 4.90 Å². The van der Waals surface area contributed by atoms with Gasteiger partial charge in [-0.05, 0) is 37.8 Å². The van der Waals surface area contributed by atoms with E-state index >= 15 is 0 Å². The summed E-state index contributed by atoms with van der Waals surface area (Å²) in [4.78, 5) is 25.7. The third-order valence-electron chi connectivity index (χ3n) is 3.50. The molecule has 3 heteroatoms.